The molecule has 112 valence electrons. The van der Waals surface area contributed by atoms with Gasteiger partial charge in [0.15, 0.2) is 0 Å². The van der Waals surface area contributed by atoms with Gasteiger partial charge in [0.2, 0.25) is 0 Å². The highest BCUT2D eigenvalue weighted by Gasteiger charge is 2.40. The lowest BCUT2D eigenvalue weighted by molar-refractivity contribution is 0.133. The molecule has 1 aromatic rings. The first-order valence-electron chi connectivity index (χ1n) is 7.25. The molecule has 4 heteroatoms. The van der Waals surface area contributed by atoms with E-state index in [2.05, 4.69) is 19.2 Å². The highest BCUT2D eigenvalue weighted by Crippen LogP contribution is 2.34. The molecule has 0 heterocycles. The van der Waals surface area contributed by atoms with E-state index in [4.69, 9.17) is 4.74 Å². The summed E-state index contributed by atoms with van der Waals surface area (Å²) in [5.74, 6) is 0.488. The predicted octanol–water partition coefficient (Wildman–Crippen LogP) is 2.79. The molecule has 0 radical (unpaired) electrons. The topological polar surface area (TPSA) is 41.5 Å². The van der Waals surface area contributed by atoms with Crippen molar-refractivity contribution in [2.75, 3.05) is 6.61 Å². The van der Waals surface area contributed by atoms with E-state index in [1.165, 1.54) is 12.1 Å². The molecule has 0 spiro atoms. The Bertz CT molecular complexity index is 464. The number of hydrogen-bond donors (Lipinski definition) is 2. The van der Waals surface area contributed by atoms with Gasteiger partial charge >= 0.3 is 0 Å². The largest absolute Gasteiger partial charge is 0.490 e. The van der Waals surface area contributed by atoms with Gasteiger partial charge in [-0.3, -0.25) is 0 Å². The number of rotatable bonds is 5. The summed E-state index contributed by atoms with van der Waals surface area (Å²) in [5.41, 5.74) is 0.565. The van der Waals surface area contributed by atoms with Crippen molar-refractivity contribution in [3.63, 3.8) is 0 Å². The summed E-state index contributed by atoms with van der Waals surface area (Å²) in [6.07, 6.45) is 2.64. The van der Waals surface area contributed by atoms with Gasteiger partial charge in [-0.2, -0.15) is 0 Å². The molecule has 1 fully saturated rings. The number of halogens is 1. The first-order valence-corrected chi connectivity index (χ1v) is 7.25. The number of aryl methyl sites for hydroxylation is 1. The van der Waals surface area contributed by atoms with Crippen LogP contribution in [0.3, 0.4) is 0 Å². The van der Waals surface area contributed by atoms with Crippen molar-refractivity contribution in [2.24, 2.45) is 0 Å². The number of nitrogens with one attached hydrogen (secondary N) is 1. The fraction of sp³-hybridized carbons (Fsp3) is 0.625. The highest BCUT2D eigenvalue weighted by atomic mass is 19.1. The minimum absolute atomic E-state index is 0.0672. The van der Waals surface area contributed by atoms with Crippen LogP contribution in [0, 0.1) is 12.7 Å². The SMILES string of the molecule is Cc1cc(F)ccc1OC1CCC(CO)(NC(C)C)C1. The Morgan fingerprint density at radius 2 is 2.25 bits per heavy atom. The molecule has 0 saturated heterocycles. The molecule has 1 aliphatic rings. The van der Waals surface area contributed by atoms with Crippen LogP contribution < -0.4 is 10.1 Å². The van der Waals surface area contributed by atoms with E-state index >= 15 is 0 Å². The summed E-state index contributed by atoms with van der Waals surface area (Å²) in [6.45, 7) is 6.12. The quantitative estimate of drug-likeness (QED) is 0.872. The Hall–Kier alpha value is -1.13. The van der Waals surface area contributed by atoms with Crippen molar-refractivity contribution >= 4 is 0 Å². The van der Waals surface area contributed by atoms with Crippen molar-refractivity contribution in [1.29, 1.82) is 0 Å². The van der Waals surface area contributed by atoms with E-state index in [1.807, 2.05) is 6.92 Å². The van der Waals surface area contributed by atoms with E-state index in [1.54, 1.807) is 6.07 Å². The van der Waals surface area contributed by atoms with Gasteiger partial charge in [0.25, 0.3) is 0 Å². The van der Waals surface area contributed by atoms with Gasteiger partial charge in [0.05, 0.1) is 6.61 Å². The third kappa shape index (κ3) is 3.49. The minimum Gasteiger partial charge on any atom is -0.490 e. The second-order valence-corrected chi connectivity index (χ2v) is 6.13. The maximum atomic E-state index is 13.1. The monoisotopic (exact) mass is 281 g/mol. The standard InChI is InChI=1S/C16H24FNO2/c1-11(2)18-16(10-19)7-6-14(9-16)20-15-5-4-13(17)8-12(15)3/h4-5,8,11,14,18-19H,6-7,9-10H2,1-3H3. The molecule has 2 unspecified atom stereocenters. The van der Waals surface area contributed by atoms with Gasteiger partial charge in [-0.1, -0.05) is 13.8 Å². The van der Waals surface area contributed by atoms with E-state index in [0.717, 1.165) is 30.6 Å². The molecule has 2 N–H and O–H groups in total. The molecular weight excluding hydrogens is 257 g/mol. The third-order valence-electron chi connectivity index (χ3n) is 3.89. The summed E-state index contributed by atoms with van der Waals surface area (Å²) in [7, 11) is 0. The van der Waals surface area contributed by atoms with Crippen LogP contribution in [0.15, 0.2) is 18.2 Å². The summed E-state index contributed by atoms with van der Waals surface area (Å²) in [5, 5.41) is 13.1. The Balaban J connectivity index is 2.02. The Morgan fingerprint density at radius 1 is 1.50 bits per heavy atom. The molecule has 2 rings (SSSR count). The molecule has 0 aliphatic heterocycles. The molecule has 0 amide bonds. The average Bonchev–Trinajstić information content (AvgIpc) is 2.76. The Labute approximate surface area is 120 Å². The van der Waals surface area contributed by atoms with Gasteiger partial charge in [-0.25, -0.2) is 4.39 Å². The van der Waals surface area contributed by atoms with Crippen molar-refractivity contribution < 1.29 is 14.2 Å². The molecule has 0 aromatic heterocycles. The van der Waals surface area contributed by atoms with Crippen LogP contribution in [0.2, 0.25) is 0 Å². The second kappa shape index (κ2) is 6.10. The Morgan fingerprint density at radius 3 is 2.85 bits per heavy atom. The fourth-order valence-corrected chi connectivity index (χ4v) is 3.04. The normalized spacial score (nSPS) is 26.2. The smallest absolute Gasteiger partial charge is 0.123 e. The number of ether oxygens (including phenoxy) is 1. The Kier molecular flexibility index (Phi) is 4.66. The first-order chi connectivity index (χ1) is 9.44. The maximum absolute atomic E-state index is 13.1. The zero-order valence-corrected chi connectivity index (χ0v) is 12.4. The van der Waals surface area contributed by atoms with Crippen LogP contribution >= 0.6 is 0 Å². The predicted molar refractivity (Wildman–Crippen MR) is 77.5 cm³/mol. The molecule has 1 aliphatic carbocycles. The lowest BCUT2D eigenvalue weighted by atomic mass is 9.97. The van der Waals surface area contributed by atoms with Crippen LogP contribution in [0.4, 0.5) is 4.39 Å². The summed E-state index contributed by atoms with van der Waals surface area (Å²) < 4.78 is 19.1. The lowest BCUT2D eigenvalue weighted by Gasteiger charge is -2.31. The van der Waals surface area contributed by atoms with Crippen LogP contribution in [0.25, 0.3) is 0 Å². The van der Waals surface area contributed by atoms with Gasteiger partial charge < -0.3 is 15.2 Å². The van der Waals surface area contributed by atoms with Crippen molar-refractivity contribution in [1.82, 2.24) is 5.32 Å². The van der Waals surface area contributed by atoms with Gasteiger partial charge in [-0.05, 0) is 43.5 Å². The van der Waals surface area contributed by atoms with E-state index in [0.29, 0.717) is 6.04 Å². The number of benzene rings is 1. The lowest BCUT2D eigenvalue weighted by Crippen LogP contribution is -2.50. The van der Waals surface area contributed by atoms with Crippen LogP contribution in [0.5, 0.6) is 5.75 Å². The van der Waals surface area contributed by atoms with E-state index in [9.17, 15) is 9.50 Å². The summed E-state index contributed by atoms with van der Waals surface area (Å²) in [4.78, 5) is 0. The molecule has 1 saturated carbocycles. The first kappa shape index (κ1) is 15.3. The van der Waals surface area contributed by atoms with Crippen LogP contribution in [0.1, 0.15) is 38.7 Å². The van der Waals surface area contributed by atoms with Gasteiger partial charge in [-0.15, -0.1) is 0 Å². The zero-order chi connectivity index (χ0) is 14.8. The van der Waals surface area contributed by atoms with Crippen LogP contribution in [-0.4, -0.2) is 29.4 Å². The average molecular weight is 281 g/mol. The number of hydrogen-bond acceptors (Lipinski definition) is 3. The molecule has 20 heavy (non-hydrogen) atoms. The van der Waals surface area contributed by atoms with Crippen molar-refractivity contribution in [3.8, 4) is 5.75 Å². The number of aliphatic hydroxyl groups is 1. The molecule has 1 aromatic carbocycles. The molecule has 2 atom stereocenters. The van der Waals surface area contributed by atoms with E-state index < -0.39 is 0 Å². The van der Waals surface area contributed by atoms with Crippen LogP contribution in [-0.2, 0) is 0 Å². The van der Waals surface area contributed by atoms with Crippen molar-refractivity contribution in [2.45, 2.75) is 57.7 Å². The molecule has 0 bridgehead atoms. The summed E-state index contributed by atoms with van der Waals surface area (Å²) >= 11 is 0. The third-order valence-corrected chi connectivity index (χ3v) is 3.89. The second-order valence-electron chi connectivity index (χ2n) is 6.13. The number of aliphatic hydroxyl groups excluding tert-OH is 1. The van der Waals surface area contributed by atoms with Gasteiger partial charge in [0, 0.05) is 18.0 Å². The summed E-state index contributed by atoms with van der Waals surface area (Å²) in [6, 6.07) is 4.91. The molecular formula is C16H24FNO2. The zero-order valence-electron chi connectivity index (χ0n) is 12.4. The highest BCUT2D eigenvalue weighted by molar-refractivity contribution is 5.33. The van der Waals surface area contributed by atoms with E-state index in [-0.39, 0.29) is 24.1 Å². The van der Waals surface area contributed by atoms with Gasteiger partial charge in [0.1, 0.15) is 17.7 Å². The fourth-order valence-electron chi connectivity index (χ4n) is 3.04. The maximum Gasteiger partial charge on any atom is 0.123 e. The van der Waals surface area contributed by atoms with Crippen molar-refractivity contribution in [3.05, 3.63) is 29.6 Å². The molecule has 3 nitrogen and oxygen atoms in total. The minimum atomic E-state index is -0.243.